The monoisotopic (exact) mass is 366 g/mol. The minimum Gasteiger partial charge on any atom is -0.334 e. The third kappa shape index (κ3) is 3.62. The predicted octanol–water partition coefficient (Wildman–Crippen LogP) is 4.63. The van der Waals surface area contributed by atoms with E-state index < -0.39 is 0 Å². The van der Waals surface area contributed by atoms with Crippen molar-refractivity contribution >= 4 is 29.0 Å². The normalized spacial score (nSPS) is 13.5. The second kappa shape index (κ2) is 7.42. The number of thiazole rings is 1. The Morgan fingerprint density at radius 2 is 1.92 bits per heavy atom. The molecule has 1 aromatic heterocycles. The molecule has 1 amide bonds. The smallest absolute Gasteiger partial charge is 0.255 e. The highest BCUT2D eigenvalue weighted by Crippen LogP contribution is 2.28. The Kier molecular flexibility index (Phi) is 4.85. The van der Waals surface area contributed by atoms with Crippen LogP contribution in [-0.2, 0) is 18.7 Å². The topological polar surface area (TPSA) is 33.2 Å². The number of aromatic nitrogens is 1. The van der Waals surface area contributed by atoms with Crippen molar-refractivity contribution in [2.45, 2.75) is 23.6 Å². The Labute approximate surface area is 155 Å². The Morgan fingerprint density at radius 3 is 2.76 bits per heavy atom. The molecule has 1 aliphatic heterocycles. The first kappa shape index (κ1) is 16.4. The summed E-state index contributed by atoms with van der Waals surface area (Å²) in [7, 11) is 0. The predicted molar refractivity (Wildman–Crippen MR) is 103 cm³/mol. The molecule has 5 heteroatoms. The summed E-state index contributed by atoms with van der Waals surface area (Å²) < 4.78 is 0. The van der Waals surface area contributed by atoms with E-state index in [1.54, 1.807) is 23.1 Å². The van der Waals surface area contributed by atoms with E-state index in [-0.39, 0.29) is 5.91 Å². The van der Waals surface area contributed by atoms with Crippen molar-refractivity contribution in [2.24, 2.45) is 0 Å². The average Bonchev–Trinajstić information content (AvgIpc) is 3.19. The van der Waals surface area contributed by atoms with Crippen LogP contribution < -0.4 is 0 Å². The molecular formula is C20H18N2OS2. The number of rotatable bonds is 4. The summed E-state index contributed by atoms with van der Waals surface area (Å²) in [6, 6.07) is 16.3. The number of hydrogen-bond donors (Lipinski definition) is 0. The maximum absolute atomic E-state index is 13.1. The second-order valence-corrected chi connectivity index (χ2v) is 7.75. The van der Waals surface area contributed by atoms with Crippen molar-refractivity contribution in [1.29, 1.82) is 0 Å². The van der Waals surface area contributed by atoms with Crippen molar-refractivity contribution in [3.8, 4) is 0 Å². The van der Waals surface area contributed by atoms with Crippen molar-refractivity contribution in [3.63, 3.8) is 0 Å². The number of benzene rings is 2. The van der Waals surface area contributed by atoms with Crippen LogP contribution >= 0.6 is 23.1 Å². The van der Waals surface area contributed by atoms with Gasteiger partial charge in [-0.3, -0.25) is 4.79 Å². The van der Waals surface area contributed by atoms with Crippen LogP contribution in [0, 0.1) is 0 Å². The van der Waals surface area contributed by atoms with Crippen LogP contribution in [0.15, 0.2) is 64.3 Å². The lowest BCUT2D eigenvalue weighted by molar-refractivity contribution is 0.0731. The molecule has 0 radical (unpaired) electrons. The molecule has 0 saturated carbocycles. The first-order valence-corrected chi connectivity index (χ1v) is 10.2. The van der Waals surface area contributed by atoms with Crippen LogP contribution in [0.2, 0.25) is 0 Å². The molecule has 0 fully saturated rings. The summed E-state index contributed by atoms with van der Waals surface area (Å²) in [6.45, 7) is 1.47. The van der Waals surface area contributed by atoms with Gasteiger partial charge in [-0.1, -0.05) is 36.4 Å². The van der Waals surface area contributed by atoms with E-state index in [0.717, 1.165) is 34.9 Å². The zero-order valence-electron chi connectivity index (χ0n) is 13.7. The second-order valence-electron chi connectivity index (χ2n) is 6.01. The molecule has 0 aliphatic carbocycles. The van der Waals surface area contributed by atoms with E-state index in [2.05, 4.69) is 28.6 Å². The van der Waals surface area contributed by atoms with Crippen molar-refractivity contribution in [3.05, 3.63) is 81.8 Å². The maximum Gasteiger partial charge on any atom is 0.255 e. The molecule has 0 saturated heterocycles. The van der Waals surface area contributed by atoms with Gasteiger partial charge >= 0.3 is 0 Å². The lowest BCUT2D eigenvalue weighted by Gasteiger charge is -2.29. The van der Waals surface area contributed by atoms with Gasteiger partial charge < -0.3 is 4.90 Å². The minimum atomic E-state index is 0.121. The number of carbonyl (C=O) groups is 1. The molecule has 2 aromatic carbocycles. The molecule has 2 heterocycles. The average molecular weight is 367 g/mol. The number of fused-ring (bicyclic) bond motifs is 1. The van der Waals surface area contributed by atoms with Gasteiger partial charge in [0.1, 0.15) is 0 Å². The van der Waals surface area contributed by atoms with Gasteiger partial charge in [0.05, 0.1) is 16.8 Å². The van der Waals surface area contributed by atoms with E-state index in [4.69, 9.17) is 0 Å². The third-order valence-corrected chi connectivity index (χ3v) is 6.14. The van der Waals surface area contributed by atoms with E-state index in [1.165, 1.54) is 11.1 Å². The van der Waals surface area contributed by atoms with Crippen LogP contribution in [0.1, 0.15) is 27.2 Å². The molecule has 0 atom stereocenters. The summed E-state index contributed by atoms with van der Waals surface area (Å²) in [5.74, 6) is 0.910. The van der Waals surface area contributed by atoms with Gasteiger partial charge in [-0.2, -0.15) is 0 Å². The van der Waals surface area contributed by atoms with Gasteiger partial charge in [0, 0.05) is 29.1 Å². The standard InChI is InChI=1S/C20H18N2OS2/c23-20(22-10-9-15-5-1-2-6-16(15)11-22)18-7-3-4-8-19(18)25-13-17-12-24-14-21-17/h1-8,12,14H,9-11,13H2. The van der Waals surface area contributed by atoms with Gasteiger partial charge in [0.2, 0.25) is 0 Å². The van der Waals surface area contributed by atoms with Crippen molar-refractivity contribution in [2.75, 3.05) is 6.54 Å². The molecule has 3 nitrogen and oxygen atoms in total. The molecule has 4 rings (SSSR count). The van der Waals surface area contributed by atoms with E-state index in [9.17, 15) is 4.79 Å². The molecule has 25 heavy (non-hydrogen) atoms. The van der Waals surface area contributed by atoms with Crippen molar-refractivity contribution < 1.29 is 4.79 Å². The number of amides is 1. The number of thioether (sulfide) groups is 1. The Hall–Kier alpha value is -2.11. The lowest BCUT2D eigenvalue weighted by atomic mass is 9.99. The van der Waals surface area contributed by atoms with E-state index >= 15 is 0 Å². The molecule has 0 bridgehead atoms. The summed E-state index contributed by atoms with van der Waals surface area (Å²) in [6.07, 6.45) is 0.927. The number of carbonyl (C=O) groups excluding carboxylic acids is 1. The van der Waals surface area contributed by atoms with Gasteiger partial charge in [0.25, 0.3) is 5.91 Å². The van der Waals surface area contributed by atoms with Gasteiger partial charge in [0.15, 0.2) is 0 Å². The number of hydrogen-bond acceptors (Lipinski definition) is 4. The molecule has 0 N–H and O–H groups in total. The molecule has 126 valence electrons. The number of nitrogens with zero attached hydrogens (tertiary/aromatic N) is 2. The zero-order chi connectivity index (χ0) is 17.1. The quantitative estimate of drug-likeness (QED) is 0.631. The molecule has 0 spiro atoms. The van der Waals surface area contributed by atoms with Crippen molar-refractivity contribution in [1.82, 2.24) is 9.88 Å². The Bertz CT molecular complexity index is 877. The van der Waals surface area contributed by atoms with Gasteiger partial charge in [-0.15, -0.1) is 23.1 Å². The molecular weight excluding hydrogens is 348 g/mol. The van der Waals surface area contributed by atoms with Gasteiger partial charge in [-0.25, -0.2) is 4.98 Å². The fourth-order valence-corrected chi connectivity index (χ4v) is 4.68. The van der Waals surface area contributed by atoms with Crippen LogP contribution in [0.3, 0.4) is 0 Å². The summed E-state index contributed by atoms with van der Waals surface area (Å²) in [5, 5.41) is 2.05. The molecule has 0 unspecified atom stereocenters. The van der Waals surface area contributed by atoms with Crippen LogP contribution in [0.4, 0.5) is 0 Å². The Morgan fingerprint density at radius 1 is 1.12 bits per heavy atom. The van der Waals surface area contributed by atoms with E-state index in [1.807, 2.05) is 40.7 Å². The highest BCUT2D eigenvalue weighted by Gasteiger charge is 2.23. The third-order valence-electron chi connectivity index (χ3n) is 4.39. The van der Waals surface area contributed by atoms with E-state index in [0.29, 0.717) is 6.54 Å². The summed E-state index contributed by atoms with van der Waals surface area (Å²) in [4.78, 5) is 20.4. The molecule has 1 aliphatic rings. The van der Waals surface area contributed by atoms with Crippen LogP contribution in [0.25, 0.3) is 0 Å². The fraction of sp³-hybridized carbons (Fsp3) is 0.200. The SMILES string of the molecule is O=C(c1ccccc1SCc1cscn1)N1CCc2ccccc2C1. The van der Waals surface area contributed by atoms with Gasteiger partial charge in [-0.05, 0) is 29.7 Å². The fourth-order valence-electron chi connectivity index (χ4n) is 3.07. The summed E-state index contributed by atoms with van der Waals surface area (Å²) >= 11 is 3.28. The first-order valence-electron chi connectivity index (χ1n) is 8.26. The first-order chi connectivity index (χ1) is 12.3. The molecule has 3 aromatic rings. The Balaban J connectivity index is 1.52. The zero-order valence-corrected chi connectivity index (χ0v) is 15.4. The van der Waals surface area contributed by atoms with Crippen LogP contribution in [0.5, 0.6) is 0 Å². The maximum atomic E-state index is 13.1. The minimum absolute atomic E-state index is 0.121. The summed E-state index contributed by atoms with van der Waals surface area (Å²) in [5.41, 5.74) is 6.32. The highest BCUT2D eigenvalue weighted by atomic mass is 32.2. The largest absolute Gasteiger partial charge is 0.334 e. The van der Waals surface area contributed by atoms with Crippen LogP contribution in [-0.4, -0.2) is 22.3 Å². The lowest BCUT2D eigenvalue weighted by Crippen LogP contribution is -2.36. The highest BCUT2D eigenvalue weighted by molar-refractivity contribution is 7.98.